The van der Waals surface area contributed by atoms with Gasteiger partial charge in [-0.1, -0.05) is 30.3 Å². The molecule has 0 amide bonds. The van der Waals surface area contributed by atoms with Crippen LogP contribution in [0.15, 0.2) is 30.3 Å². The fourth-order valence-corrected chi connectivity index (χ4v) is 1.25. The molecule has 2 heteroatoms. The van der Waals surface area contributed by atoms with Gasteiger partial charge in [0.25, 0.3) is 0 Å². The minimum Gasteiger partial charge on any atom is -0.311 e. The summed E-state index contributed by atoms with van der Waals surface area (Å²) in [7, 11) is 1.81. The van der Waals surface area contributed by atoms with Crippen molar-refractivity contribution >= 4 is 6.29 Å². The monoisotopic (exact) mass is 177 g/mol. The van der Waals surface area contributed by atoms with Crippen LogP contribution in [0.25, 0.3) is 0 Å². The molecule has 1 N–H and O–H groups in total. The smallest absolute Gasteiger partial charge is 0.136 e. The van der Waals surface area contributed by atoms with E-state index in [9.17, 15) is 4.79 Å². The van der Waals surface area contributed by atoms with E-state index < -0.39 is 0 Å². The van der Waals surface area contributed by atoms with Crippen LogP contribution >= 0.6 is 0 Å². The van der Waals surface area contributed by atoms with Gasteiger partial charge in [-0.3, -0.25) is 0 Å². The maximum atomic E-state index is 10.5. The van der Waals surface area contributed by atoms with Gasteiger partial charge in [0.05, 0.1) is 6.04 Å². The first-order valence-electron chi connectivity index (χ1n) is 4.53. The average molecular weight is 177 g/mol. The number of aryl methyl sites for hydroxylation is 1. The normalized spacial score (nSPS) is 12.4. The molecular formula is C11H15NO. The third kappa shape index (κ3) is 3.38. The fourth-order valence-electron chi connectivity index (χ4n) is 1.25. The fraction of sp³-hybridized carbons (Fsp3) is 0.364. The van der Waals surface area contributed by atoms with Crippen LogP contribution in [-0.4, -0.2) is 19.4 Å². The molecule has 2 nitrogen and oxygen atoms in total. The Balaban J connectivity index is 2.38. The Labute approximate surface area is 79.0 Å². The van der Waals surface area contributed by atoms with E-state index in [0.29, 0.717) is 0 Å². The standard InChI is InChI=1S/C11H15NO/c1-12-11(9-13)8-7-10-5-3-2-4-6-10/h2-6,9,11-12H,7-8H2,1H3. The summed E-state index contributed by atoms with van der Waals surface area (Å²) < 4.78 is 0. The summed E-state index contributed by atoms with van der Waals surface area (Å²) in [6.45, 7) is 0. The maximum absolute atomic E-state index is 10.5. The van der Waals surface area contributed by atoms with Gasteiger partial charge >= 0.3 is 0 Å². The Bertz CT molecular complexity index is 246. The summed E-state index contributed by atoms with van der Waals surface area (Å²) in [5.74, 6) is 0. The Morgan fingerprint density at radius 2 is 2.08 bits per heavy atom. The summed E-state index contributed by atoms with van der Waals surface area (Å²) in [6, 6.07) is 10.2. The zero-order valence-electron chi connectivity index (χ0n) is 7.86. The molecule has 0 radical (unpaired) electrons. The minimum absolute atomic E-state index is 0.0137. The zero-order valence-corrected chi connectivity index (χ0v) is 7.86. The van der Waals surface area contributed by atoms with Crippen LogP contribution in [0.1, 0.15) is 12.0 Å². The van der Waals surface area contributed by atoms with Gasteiger partial charge in [-0.05, 0) is 25.5 Å². The van der Waals surface area contributed by atoms with Crippen LogP contribution in [0.5, 0.6) is 0 Å². The summed E-state index contributed by atoms with van der Waals surface area (Å²) in [4.78, 5) is 10.5. The van der Waals surface area contributed by atoms with Crippen LogP contribution in [0.4, 0.5) is 0 Å². The van der Waals surface area contributed by atoms with Gasteiger partial charge in [-0.25, -0.2) is 0 Å². The lowest BCUT2D eigenvalue weighted by atomic mass is 10.1. The average Bonchev–Trinajstić information content (AvgIpc) is 2.21. The molecule has 0 saturated carbocycles. The van der Waals surface area contributed by atoms with E-state index in [-0.39, 0.29) is 6.04 Å². The molecule has 0 fully saturated rings. The molecule has 1 aromatic rings. The minimum atomic E-state index is -0.0137. The van der Waals surface area contributed by atoms with Gasteiger partial charge in [-0.15, -0.1) is 0 Å². The number of carbonyl (C=O) groups is 1. The van der Waals surface area contributed by atoms with Crippen molar-refractivity contribution in [2.45, 2.75) is 18.9 Å². The second-order valence-electron chi connectivity index (χ2n) is 3.06. The van der Waals surface area contributed by atoms with Gasteiger partial charge in [0.1, 0.15) is 6.29 Å². The quantitative estimate of drug-likeness (QED) is 0.689. The highest BCUT2D eigenvalue weighted by atomic mass is 16.1. The second kappa shape index (κ2) is 5.49. The number of likely N-dealkylation sites (N-methyl/N-ethyl adjacent to an activating group) is 1. The molecule has 1 unspecified atom stereocenters. The summed E-state index contributed by atoms with van der Waals surface area (Å²) in [5.41, 5.74) is 1.28. The molecule has 0 aliphatic rings. The van der Waals surface area contributed by atoms with Gasteiger partial charge < -0.3 is 10.1 Å². The van der Waals surface area contributed by atoms with Crippen molar-refractivity contribution in [3.8, 4) is 0 Å². The number of aldehydes is 1. The van der Waals surface area contributed by atoms with Crippen LogP contribution < -0.4 is 5.32 Å². The van der Waals surface area contributed by atoms with E-state index in [1.54, 1.807) is 0 Å². The lowest BCUT2D eigenvalue weighted by Gasteiger charge is -2.07. The molecule has 0 aliphatic carbocycles. The molecule has 0 spiro atoms. The highest BCUT2D eigenvalue weighted by Gasteiger charge is 2.02. The lowest BCUT2D eigenvalue weighted by Crippen LogP contribution is -2.26. The predicted molar refractivity (Wildman–Crippen MR) is 53.7 cm³/mol. The van der Waals surface area contributed by atoms with Gasteiger partial charge in [0, 0.05) is 0 Å². The van der Waals surface area contributed by atoms with Crippen molar-refractivity contribution in [1.29, 1.82) is 0 Å². The highest BCUT2D eigenvalue weighted by Crippen LogP contribution is 2.03. The molecule has 0 heterocycles. The SMILES string of the molecule is CNC(C=O)CCc1ccccc1. The molecule has 0 bridgehead atoms. The molecular weight excluding hydrogens is 162 g/mol. The van der Waals surface area contributed by atoms with E-state index in [1.807, 2.05) is 25.2 Å². The first kappa shape index (κ1) is 9.93. The maximum Gasteiger partial charge on any atom is 0.136 e. The topological polar surface area (TPSA) is 29.1 Å². The summed E-state index contributed by atoms with van der Waals surface area (Å²) >= 11 is 0. The van der Waals surface area contributed by atoms with Crippen LogP contribution in [-0.2, 0) is 11.2 Å². The van der Waals surface area contributed by atoms with E-state index in [1.165, 1.54) is 5.56 Å². The number of hydrogen-bond donors (Lipinski definition) is 1. The Morgan fingerprint density at radius 1 is 1.38 bits per heavy atom. The molecule has 1 aromatic carbocycles. The number of benzene rings is 1. The highest BCUT2D eigenvalue weighted by molar-refractivity contribution is 5.57. The largest absolute Gasteiger partial charge is 0.311 e. The van der Waals surface area contributed by atoms with Crippen molar-refractivity contribution in [2.75, 3.05) is 7.05 Å². The molecule has 1 rings (SSSR count). The summed E-state index contributed by atoms with van der Waals surface area (Å²) in [5, 5.41) is 2.95. The molecule has 70 valence electrons. The van der Waals surface area contributed by atoms with Crippen LogP contribution in [0.2, 0.25) is 0 Å². The molecule has 0 aromatic heterocycles. The number of nitrogens with one attached hydrogen (secondary N) is 1. The second-order valence-corrected chi connectivity index (χ2v) is 3.06. The summed E-state index contributed by atoms with van der Waals surface area (Å²) in [6.07, 6.45) is 2.78. The van der Waals surface area contributed by atoms with Gasteiger partial charge in [0.2, 0.25) is 0 Å². The van der Waals surface area contributed by atoms with Crippen molar-refractivity contribution in [1.82, 2.24) is 5.32 Å². The lowest BCUT2D eigenvalue weighted by molar-refractivity contribution is -0.109. The van der Waals surface area contributed by atoms with Crippen molar-refractivity contribution in [3.05, 3.63) is 35.9 Å². The van der Waals surface area contributed by atoms with Gasteiger partial charge in [-0.2, -0.15) is 0 Å². The predicted octanol–water partition coefficient (Wildman–Crippen LogP) is 1.41. The van der Waals surface area contributed by atoms with Crippen molar-refractivity contribution in [2.24, 2.45) is 0 Å². The zero-order chi connectivity index (χ0) is 9.52. The number of rotatable bonds is 5. The number of carbonyl (C=O) groups excluding carboxylic acids is 1. The third-order valence-electron chi connectivity index (χ3n) is 2.12. The first-order valence-corrected chi connectivity index (χ1v) is 4.53. The Kier molecular flexibility index (Phi) is 4.19. The van der Waals surface area contributed by atoms with Crippen LogP contribution in [0, 0.1) is 0 Å². The van der Waals surface area contributed by atoms with Gasteiger partial charge in [0.15, 0.2) is 0 Å². The van der Waals surface area contributed by atoms with E-state index >= 15 is 0 Å². The Morgan fingerprint density at radius 3 is 2.62 bits per heavy atom. The first-order chi connectivity index (χ1) is 6.36. The van der Waals surface area contributed by atoms with Crippen molar-refractivity contribution in [3.63, 3.8) is 0 Å². The van der Waals surface area contributed by atoms with E-state index in [2.05, 4.69) is 17.4 Å². The molecule has 0 aliphatic heterocycles. The number of hydrogen-bond acceptors (Lipinski definition) is 2. The van der Waals surface area contributed by atoms with E-state index in [4.69, 9.17) is 0 Å². The van der Waals surface area contributed by atoms with Crippen LogP contribution in [0.3, 0.4) is 0 Å². The third-order valence-corrected chi connectivity index (χ3v) is 2.12. The molecule has 1 atom stereocenters. The molecule has 0 saturated heterocycles. The van der Waals surface area contributed by atoms with E-state index in [0.717, 1.165) is 19.1 Å². The Hall–Kier alpha value is -1.15. The molecule has 13 heavy (non-hydrogen) atoms. The van der Waals surface area contributed by atoms with Crippen molar-refractivity contribution < 1.29 is 4.79 Å².